The summed E-state index contributed by atoms with van der Waals surface area (Å²) in [6, 6.07) is 0. The number of rotatable bonds is 0. The van der Waals surface area contributed by atoms with Crippen molar-refractivity contribution in [1.29, 1.82) is 0 Å². The molecule has 3 nitrogen and oxygen atoms in total. The van der Waals surface area contributed by atoms with Crippen LogP contribution in [0.2, 0.25) is 0 Å². The quantitative estimate of drug-likeness (QED) is 0.610. The molecule has 2 N–H and O–H groups in total. The van der Waals surface area contributed by atoms with Gasteiger partial charge in [0.1, 0.15) is 0 Å². The van der Waals surface area contributed by atoms with Crippen LogP contribution in [-0.4, -0.2) is 54.1 Å². The Kier molecular flexibility index (Phi) is 142. The van der Waals surface area contributed by atoms with Crippen molar-refractivity contribution in [2.24, 2.45) is 0 Å². The van der Waals surface area contributed by atoms with E-state index in [0.717, 1.165) is 0 Å². The summed E-state index contributed by atoms with van der Waals surface area (Å²) in [5, 5.41) is 13.9. The van der Waals surface area contributed by atoms with Gasteiger partial charge in [0.05, 0.1) is 0 Å². The first kappa shape index (κ1) is 41.2. The van der Waals surface area contributed by atoms with Crippen LogP contribution in [0.5, 0.6) is 0 Å². The van der Waals surface area contributed by atoms with E-state index in [1.54, 1.807) is 0 Å². The van der Waals surface area contributed by atoms with Crippen LogP contribution in [0.25, 0.3) is 0 Å². The summed E-state index contributed by atoms with van der Waals surface area (Å²) < 4.78 is 0. The first-order chi connectivity index (χ1) is 1.73. The molecule has 0 amide bonds. The molecule has 0 rings (SSSR count). The molecule has 0 aliphatic carbocycles. The van der Waals surface area contributed by atoms with Crippen LogP contribution in [0.4, 0.5) is 4.79 Å². The minimum absolute atomic E-state index is 0. The van der Waals surface area contributed by atoms with Crippen LogP contribution < -0.4 is 0 Å². The fraction of sp³-hybridized carbons (Fsp3) is 0. The monoisotopic (exact) mass is 345 g/mol. The second kappa shape index (κ2) is 31.0. The number of hydrogen-bond acceptors (Lipinski definition) is 1. The van der Waals surface area contributed by atoms with Gasteiger partial charge >= 0.3 is 43.9 Å². The zero-order valence-electron chi connectivity index (χ0n) is 6.23. The Morgan fingerprint density at radius 1 is 1.33 bits per heavy atom. The maximum absolute atomic E-state index is 8.56. The topological polar surface area (TPSA) is 57.5 Å². The normalized spacial score (nSPS) is 2.67. The second-order valence-electron chi connectivity index (χ2n) is 0.283. The predicted molar refractivity (Wildman–Crippen MR) is 18.6 cm³/mol. The van der Waals surface area contributed by atoms with E-state index in [1.165, 1.54) is 0 Å². The molecular formula is CH4CaCoCuMnO3Zn. The van der Waals surface area contributed by atoms with Gasteiger partial charge in [-0.05, 0) is 0 Å². The summed E-state index contributed by atoms with van der Waals surface area (Å²) in [5.74, 6) is 0. The van der Waals surface area contributed by atoms with Crippen LogP contribution in [-0.2, 0) is 70.4 Å². The summed E-state index contributed by atoms with van der Waals surface area (Å²) in [6.07, 6.45) is -1.83. The molecule has 9 heavy (non-hydrogen) atoms. The van der Waals surface area contributed by atoms with Crippen molar-refractivity contribution in [2.75, 3.05) is 0 Å². The van der Waals surface area contributed by atoms with E-state index >= 15 is 0 Å². The van der Waals surface area contributed by atoms with Gasteiger partial charge in [-0.1, -0.05) is 0 Å². The summed E-state index contributed by atoms with van der Waals surface area (Å²) in [4.78, 5) is 8.56. The zero-order valence-corrected chi connectivity index (χ0v) is 12.6. The average molecular weight is 347 g/mol. The van der Waals surface area contributed by atoms with Crippen LogP contribution in [0.3, 0.4) is 0 Å². The van der Waals surface area contributed by atoms with Crippen molar-refractivity contribution in [3.05, 3.63) is 0 Å². The molecule has 0 fully saturated rings. The summed E-state index contributed by atoms with van der Waals surface area (Å²) in [7, 11) is 0. The van der Waals surface area contributed by atoms with E-state index in [0.29, 0.717) is 0 Å². The van der Waals surface area contributed by atoms with Crippen molar-refractivity contribution in [3.63, 3.8) is 0 Å². The van der Waals surface area contributed by atoms with Gasteiger partial charge < -0.3 is 13.1 Å². The molecule has 0 saturated heterocycles. The molecule has 0 aromatic rings. The average Bonchev–Trinajstić information content (AvgIpc) is 0.811. The first-order valence-electron chi connectivity index (χ1n) is 0.651. The molecule has 0 heterocycles. The Labute approximate surface area is 130 Å². The Morgan fingerprint density at radius 3 is 1.33 bits per heavy atom. The van der Waals surface area contributed by atoms with Gasteiger partial charge in [-0.15, -0.1) is 0 Å². The van der Waals surface area contributed by atoms with Crippen LogP contribution in [0.1, 0.15) is 2.85 Å². The van der Waals surface area contributed by atoms with Crippen LogP contribution in [0, 0.1) is 0 Å². The van der Waals surface area contributed by atoms with Gasteiger partial charge in [-0.2, -0.15) is 0 Å². The van der Waals surface area contributed by atoms with E-state index in [4.69, 9.17) is 15.0 Å². The molecule has 0 spiro atoms. The van der Waals surface area contributed by atoms with Crippen LogP contribution in [0.15, 0.2) is 0 Å². The number of hydrogen-bond donors (Lipinski definition) is 2. The van der Waals surface area contributed by atoms with Crippen molar-refractivity contribution in [2.45, 2.75) is 0 Å². The van der Waals surface area contributed by atoms with Gasteiger partial charge in [0.15, 0.2) is 0 Å². The standard InChI is InChI=1S/CH2O3.Ca.Co.Cu.Mn.Zn.2H/c2-1(3)4;;;;;;;/h(H2,2,3,4);;;;;;;/q;+2;;;;;2*-1. The van der Waals surface area contributed by atoms with Crippen molar-refractivity contribution < 1.29 is 88.3 Å². The Hall–Kier alpha value is 2.70. The van der Waals surface area contributed by atoms with E-state index in [1.807, 2.05) is 0 Å². The van der Waals surface area contributed by atoms with Gasteiger partial charge in [0.2, 0.25) is 0 Å². The largest absolute Gasteiger partial charge is 2.00 e. The summed E-state index contributed by atoms with van der Waals surface area (Å²) >= 11 is 0. The second-order valence-corrected chi connectivity index (χ2v) is 0.283. The molecule has 0 saturated carbocycles. The van der Waals surface area contributed by atoms with E-state index in [9.17, 15) is 0 Å². The zero-order chi connectivity index (χ0) is 3.58. The molecule has 0 unspecified atom stereocenters. The minimum Gasteiger partial charge on any atom is -1.00 e. The first-order valence-corrected chi connectivity index (χ1v) is 0.651. The molecule has 0 aliphatic heterocycles. The maximum Gasteiger partial charge on any atom is 2.00 e. The van der Waals surface area contributed by atoms with Crippen LogP contribution >= 0.6 is 0 Å². The van der Waals surface area contributed by atoms with Gasteiger partial charge in [-0.3, -0.25) is 0 Å². The molecule has 0 atom stereocenters. The predicted octanol–water partition coefficient (Wildman–Crippen LogP) is 0.0566. The number of carbonyl (C=O) groups is 1. The van der Waals surface area contributed by atoms with Crippen molar-refractivity contribution in [1.82, 2.24) is 0 Å². The summed E-state index contributed by atoms with van der Waals surface area (Å²) in [6.45, 7) is 0. The Morgan fingerprint density at radius 2 is 1.33 bits per heavy atom. The van der Waals surface area contributed by atoms with Gasteiger partial charge in [0.25, 0.3) is 0 Å². The van der Waals surface area contributed by atoms with Crippen molar-refractivity contribution in [3.8, 4) is 0 Å². The Balaban J connectivity index is -0.00000000214. The smallest absolute Gasteiger partial charge is 1.00 e. The molecule has 57 valence electrons. The molecule has 8 heteroatoms. The Bertz CT molecular complexity index is 54.3. The fourth-order valence-corrected chi connectivity index (χ4v) is 0. The molecule has 3 radical (unpaired) electrons. The summed E-state index contributed by atoms with van der Waals surface area (Å²) in [5.41, 5.74) is 0. The van der Waals surface area contributed by atoms with E-state index < -0.39 is 6.16 Å². The van der Waals surface area contributed by atoms with Crippen molar-refractivity contribution >= 4 is 43.9 Å². The molecule has 0 bridgehead atoms. The molecular weight excluding hydrogens is 343 g/mol. The maximum atomic E-state index is 8.56. The molecule has 0 aliphatic rings. The SMILES string of the molecule is O=C(O)O.[Ca+2].[Co].[Cu].[H-].[H-].[Mn].[Zn]. The number of carboxylic acid groups (broad SMARTS) is 2. The van der Waals surface area contributed by atoms with Gasteiger partial charge in [0, 0.05) is 70.4 Å². The fourth-order valence-electron chi connectivity index (χ4n) is 0. The molecule has 0 aromatic carbocycles. The minimum atomic E-state index is -1.83. The third kappa shape index (κ3) is 111. The third-order valence-corrected chi connectivity index (χ3v) is 0. The van der Waals surface area contributed by atoms with Gasteiger partial charge in [-0.25, -0.2) is 4.79 Å². The molecule has 0 aromatic heterocycles. The van der Waals surface area contributed by atoms with E-state index in [2.05, 4.69) is 0 Å². The third-order valence-electron chi connectivity index (χ3n) is 0. The van der Waals surface area contributed by atoms with E-state index in [-0.39, 0.29) is 111 Å².